The first kappa shape index (κ1) is 9.80. The number of nitrogen functional groups attached to an aromatic ring is 1. The Kier molecular flexibility index (Phi) is 2.25. The van der Waals surface area contributed by atoms with Gasteiger partial charge in [0.25, 0.3) is 0 Å². The predicted molar refractivity (Wildman–Crippen MR) is 60.3 cm³/mol. The highest BCUT2D eigenvalue weighted by molar-refractivity contribution is 6.38. The van der Waals surface area contributed by atoms with E-state index in [0.29, 0.717) is 10.7 Å². The quantitative estimate of drug-likeness (QED) is 0.728. The van der Waals surface area contributed by atoms with Gasteiger partial charge in [-0.3, -0.25) is 0 Å². The third kappa shape index (κ3) is 1.62. The van der Waals surface area contributed by atoms with Crippen molar-refractivity contribution in [3.8, 4) is 0 Å². The van der Waals surface area contributed by atoms with E-state index in [4.69, 9.17) is 22.4 Å². The Morgan fingerprint density at radius 3 is 2.67 bits per heavy atom. The molecule has 2 aromatic carbocycles. The molecule has 2 aromatic rings. The van der Waals surface area contributed by atoms with Crippen LogP contribution >= 0.6 is 11.6 Å². The van der Waals surface area contributed by atoms with Crippen LogP contribution in [-0.2, 0) is 0 Å². The molecular weight excluding hydrogens is 214 g/mol. The Balaban J connectivity index is 2.75. The van der Waals surface area contributed by atoms with Gasteiger partial charge >= 0.3 is 5.97 Å². The summed E-state index contributed by atoms with van der Waals surface area (Å²) in [6, 6.07) is 8.16. The number of nitrogens with two attached hydrogens (primary N) is 1. The van der Waals surface area contributed by atoms with Gasteiger partial charge in [-0.25, -0.2) is 4.79 Å². The molecule has 0 amide bonds. The number of hydrogen-bond acceptors (Lipinski definition) is 2. The molecule has 3 N–H and O–H groups in total. The fourth-order valence-electron chi connectivity index (χ4n) is 1.44. The van der Waals surface area contributed by atoms with Gasteiger partial charge in [-0.05, 0) is 23.6 Å². The van der Waals surface area contributed by atoms with Crippen LogP contribution in [0.2, 0.25) is 5.02 Å². The first-order chi connectivity index (χ1) is 7.09. The molecule has 0 atom stereocenters. The first-order valence-corrected chi connectivity index (χ1v) is 4.68. The number of halogens is 1. The van der Waals surface area contributed by atoms with Crippen LogP contribution in [0, 0.1) is 0 Å². The van der Waals surface area contributed by atoms with E-state index >= 15 is 0 Å². The normalized spacial score (nSPS) is 10.5. The average molecular weight is 222 g/mol. The Bertz CT molecular complexity index is 552. The number of carbonyl (C=O) groups is 1. The molecule has 0 heterocycles. The lowest BCUT2D eigenvalue weighted by Crippen LogP contribution is -1.95. The van der Waals surface area contributed by atoms with Crippen LogP contribution in [0.25, 0.3) is 10.8 Å². The van der Waals surface area contributed by atoms with Crippen LogP contribution in [0.15, 0.2) is 30.3 Å². The Hall–Kier alpha value is -1.74. The molecule has 0 aliphatic carbocycles. The summed E-state index contributed by atoms with van der Waals surface area (Å²) in [6.45, 7) is 0. The molecular formula is C11H8ClNO2. The lowest BCUT2D eigenvalue weighted by Gasteiger charge is -2.04. The topological polar surface area (TPSA) is 63.3 Å². The van der Waals surface area contributed by atoms with Crippen LogP contribution in [0.1, 0.15) is 10.4 Å². The summed E-state index contributed by atoms with van der Waals surface area (Å²) in [7, 11) is 0. The predicted octanol–water partition coefficient (Wildman–Crippen LogP) is 2.77. The molecule has 76 valence electrons. The number of carboxylic acids is 1. The van der Waals surface area contributed by atoms with Crippen molar-refractivity contribution < 1.29 is 9.90 Å². The van der Waals surface area contributed by atoms with E-state index in [1.54, 1.807) is 24.3 Å². The third-order valence-electron chi connectivity index (χ3n) is 2.23. The average Bonchev–Trinajstić information content (AvgIpc) is 2.23. The van der Waals surface area contributed by atoms with Gasteiger partial charge in [0.05, 0.1) is 16.3 Å². The van der Waals surface area contributed by atoms with Crippen molar-refractivity contribution in [2.24, 2.45) is 0 Å². The molecule has 4 heteroatoms. The SMILES string of the molecule is Nc1ccc2cc(C(=O)O)ccc2c1Cl. The molecule has 3 nitrogen and oxygen atoms in total. The highest BCUT2D eigenvalue weighted by atomic mass is 35.5. The fraction of sp³-hybridized carbons (Fsp3) is 0. The van der Waals surface area contributed by atoms with Gasteiger partial charge in [-0.1, -0.05) is 23.7 Å². The molecule has 0 aliphatic heterocycles. The number of rotatable bonds is 1. The molecule has 0 spiro atoms. The zero-order valence-corrected chi connectivity index (χ0v) is 8.45. The van der Waals surface area contributed by atoms with Gasteiger partial charge in [-0.2, -0.15) is 0 Å². The van der Waals surface area contributed by atoms with Crippen molar-refractivity contribution in [3.05, 3.63) is 40.9 Å². The molecule has 15 heavy (non-hydrogen) atoms. The first-order valence-electron chi connectivity index (χ1n) is 4.30. The van der Waals surface area contributed by atoms with Crippen molar-refractivity contribution in [1.82, 2.24) is 0 Å². The van der Waals surface area contributed by atoms with Crippen LogP contribution in [0.5, 0.6) is 0 Å². The molecule has 0 fully saturated rings. The number of anilines is 1. The van der Waals surface area contributed by atoms with Gasteiger partial charge in [0.15, 0.2) is 0 Å². The maximum Gasteiger partial charge on any atom is 0.335 e. The smallest absolute Gasteiger partial charge is 0.335 e. The zero-order valence-electron chi connectivity index (χ0n) is 7.70. The fourth-order valence-corrected chi connectivity index (χ4v) is 1.68. The zero-order chi connectivity index (χ0) is 11.0. The second kappa shape index (κ2) is 3.44. The van der Waals surface area contributed by atoms with Crippen LogP contribution in [0.3, 0.4) is 0 Å². The van der Waals surface area contributed by atoms with Crippen molar-refractivity contribution >= 4 is 34.0 Å². The van der Waals surface area contributed by atoms with E-state index in [9.17, 15) is 4.79 Å². The summed E-state index contributed by atoms with van der Waals surface area (Å²) in [5.41, 5.74) is 6.37. The maximum absolute atomic E-state index is 10.7. The lowest BCUT2D eigenvalue weighted by atomic mass is 10.1. The standard InChI is InChI=1S/C11H8ClNO2/c12-10-8-3-1-7(11(14)15)5-6(8)2-4-9(10)13/h1-5H,13H2,(H,14,15). The Labute approximate surface area is 91.1 Å². The van der Waals surface area contributed by atoms with Gasteiger partial charge in [0, 0.05) is 5.39 Å². The maximum atomic E-state index is 10.7. The Morgan fingerprint density at radius 2 is 2.00 bits per heavy atom. The minimum atomic E-state index is -0.954. The third-order valence-corrected chi connectivity index (χ3v) is 2.65. The molecule has 0 radical (unpaired) electrons. The summed E-state index contributed by atoms with van der Waals surface area (Å²) in [5.74, 6) is -0.954. The molecule has 0 aromatic heterocycles. The molecule has 0 bridgehead atoms. The number of benzene rings is 2. The number of hydrogen-bond donors (Lipinski definition) is 2. The van der Waals surface area contributed by atoms with Crippen LogP contribution in [-0.4, -0.2) is 11.1 Å². The van der Waals surface area contributed by atoms with Crippen molar-refractivity contribution in [2.45, 2.75) is 0 Å². The molecule has 2 rings (SSSR count). The van der Waals surface area contributed by atoms with Gasteiger partial charge < -0.3 is 10.8 Å². The summed E-state index contributed by atoms with van der Waals surface area (Å²) >= 11 is 5.99. The van der Waals surface area contributed by atoms with E-state index in [-0.39, 0.29) is 5.56 Å². The van der Waals surface area contributed by atoms with E-state index in [1.807, 2.05) is 0 Å². The monoisotopic (exact) mass is 221 g/mol. The van der Waals surface area contributed by atoms with Crippen molar-refractivity contribution in [1.29, 1.82) is 0 Å². The number of aromatic carboxylic acids is 1. The minimum Gasteiger partial charge on any atom is -0.478 e. The summed E-state index contributed by atoms with van der Waals surface area (Å²) in [5, 5.41) is 10.8. The van der Waals surface area contributed by atoms with Gasteiger partial charge in [0.1, 0.15) is 0 Å². The molecule has 0 unspecified atom stereocenters. The second-order valence-electron chi connectivity index (χ2n) is 3.21. The largest absolute Gasteiger partial charge is 0.478 e. The van der Waals surface area contributed by atoms with E-state index in [1.165, 1.54) is 6.07 Å². The van der Waals surface area contributed by atoms with Crippen molar-refractivity contribution in [3.63, 3.8) is 0 Å². The number of carboxylic acid groups (broad SMARTS) is 1. The summed E-state index contributed by atoms with van der Waals surface area (Å²) in [6.07, 6.45) is 0. The van der Waals surface area contributed by atoms with Gasteiger partial charge in [0.2, 0.25) is 0 Å². The highest BCUT2D eigenvalue weighted by Gasteiger charge is 2.06. The molecule has 0 saturated heterocycles. The van der Waals surface area contributed by atoms with Crippen LogP contribution < -0.4 is 5.73 Å². The molecule has 0 saturated carbocycles. The van der Waals surface area contributed by atoms with E-state index < -0.39 is 5.97 Å². The Morgan fingerprint density at radius 1 is 1.27 bits per heavy atom. The van der Waals surface area contributed by atoms with Crippen molar-refractivity contribution in [2.75, 3.05) is 5.73 Å². The molecule has 0 aliphatic rings. The van der Waals surface area contributed by atoms with Gasteiger partial charge in [-0.15, -0.1) is 0 Å². The minimum absolute atomic E-state index is 0.239. The van der Waals surface area contributed by atoms with E-state index in [0.717, 1.165) is 10.8 Å². The highest BCUT2D eigenvalue weighted by Crippen LogP contribution is 2.29. The van der Waals surface area contributed by atoms with Crippen LogP contribution in [0.4, 0.5) is 5.69 Å². The van der Waals surface area contributed by atoms with E-state index in [2.05, 4.69) is 0 Å². The number of fused-ring (bicyclic) bond motifs is 1. The second-order valence-corrected chi connectivity index (χ2v) is 3.59. The summed E-state index contributed by atoms with van der Waals surface area (Å²) in [4.78, 5) is 10.7. The summed E-state index contributed by atoms with van der Waals surface area (Å²) < 4.78 is 0. The lowest BCUT2D eigenvalue weighted by molar-refractivity contribution is 0.0697.